The van der Waals surface area contributed by atoms with Crippen molar-refractivity contribution in [1.82, 2.24) is 20.6 Å². The number of piperidine rings is 1. The third-order valence-electron chi connectivity index (χ3n) is 6.57. The molecule has 0 aromatic rings. The number of carbonyl (C=O) groups excluding carboxylic acids is 7. The Morgan fingerprint density at radius 1 is 1.11 bits per heavy atom. The summed E-state index contributed by atoms with van der Waals surface area (Å²) in [6.45, 7) is 6.22. The average molecular weight is 529 g/mol. The van der Waals surface area contributed by atoms with Crippen molar-refractivity contribution in [3.8, 4) is 0 Å². The molecular formula is C23H33ClN4O8. The predicted molar refractivity (Wildman–Crippen MR) is 126 cm³/mol. The number of likely N-dealkylation sites (tertiary alicyclic amines) is 1. The molecule has 12 nitrogen and oxygen atoms in total. The van der Waals surface area contributed by atoms with Gasteiger partial charge in [-0.1, -0.05) is 13.8 Å². The smallest absolute Gasteiger partial charge is 0.256 e. The predicted octanol–water partition coefficient (Wildman–Crippen LogP) is -0.488. The molecule has 13 heteroatoms. The molecule has 0 spiro atoms. The second-order valence-corrected chi connectivity index (χ2v) is 9.67. The van der Waals surface area contributed by atoms with Crippen molar-refractivity contribution >= 4 is 52.6 Å². The van der Waals surface area contributed by atoms with Gasteiger partial charge in [-0.2, -0.15) is 5.06 Å². The topological polar surface area (TPSA) is 159 Å². The quantitative estimate of drug-likeness (QED) is 0.218. The molecule has 4 amide bonds. The third-order valence-corrected chi connectivity index (χ3v) is 6.81. The van der Waals surface area contributed by atoms with Gasteiger partial charge in [0.25, 0.3) is 5.91 Å². The van der Waals surface area contributed by atoms with E-state index in [0.717, 1.165) is 0 Å². The highest BCUT2D eigenvalue weighted by molar-refractivity contribution is 6.48. The Morgan fingerprint density at radius 2 is 1.75 bits per heavy atom. The Bertz CT molecular complexity index is 954. The minimum absolute atomic E-state index is 0.0923. The van der Waals surface area contributed by atoms with Crippen LogP contribution in [-0.4, -0.2) is 94.1 Å². The van der Waals surface area contributed by atoms with Gasteiger partial charge in [0, 0.05) is 19.4 Å². The second kappa shape index (κ2) is 11.9. The van der Waals surface area contributed by atoms with Gasteiger partial charge in [0.05, 0.1) is 19.0 Å². The van der Waals surface area contributed by atoms with E-state index in [-0.39, 0.29) is 19.4 Å². The summed E-state index contributed by atoms with van der Waals surface area (Å²) in [7, 11) is 1.17. The molecule has 0 unspecified atom stereocenters. The van der Waals surface area contributed by atoms with Gasteiger partial charge in [-0.25, -0.2) is 0 Å². The van der Waals surface area contributed by atoms with Crippen LogP contribution in [-0.2, 0) is 38.4 Å². The number of rotatable bonds is 10. The van der Waals surface area contributed by atoms with E-state index >= 15 is 0 Å². The molecule has 2 N–H and O–H groups in total. The van der Waals surface area contributed by atoms with Gasteiger partial charge in [-0.3, -0.25) is 38.4 Å². The van der Waals surface area contributed by atoms with Crippen LogP contribution in [0.3, 0.4) is 0 Å². The number of nitrogens with one attached hydrogen (secondary N) is 2. The zero-order chi connectivity index (χ0) is 27.4. The molecule has 200 valence electrons. The van der Waals surface area contributed by atoms with E-state index in [1.807, 2.05) is 0 Å². The van der Waals surface area contributed by atoms with E-state index in [2.05, 4.69) is 10.6 Å². The minimum atomic E-state index is -1.94. The van der Waals surface area contributed by atoms with Crippen LogP contribution in [0.2, 0.25) is 0 Å². The normalized spacial score (nSPS) is 23.9. The first-order valence-corrected chi connectivity index (χ1v) is 12.3. The number of amides is 4. The molecule has 2 fully saturated rings. The minimum Gasteiger partial charge on any atom is -0.344 e. The zero-order valence-electron chi connectivity index (χ0n) is 21.1. The highest BCUT2D eigenvalue weighted by Gasteiger charge is 2.53. The molecule has 4 atom stereocenters. The van der Waals surface area contributed by atoms with Crippen molar-refractivity contribution in [2.24, 2.45) is 5.92 Å². The molecule has 0 aromatic heterocycles. The van der Waals surface area contributed by atoms with Crippen molar-refractivity contribution in [2.45, 2.75) is 77.0 Å². The zero-order valence-corrected chi connectivity index (χ0v) is 21.8. The monoisotopic (exact) mass is 528 g/mol. The molecule has 2 aliphatic heterocycles. The maximum atomic E-state index is 13.2. The first-order chi connectivity index (χ1) is 16.8. The maximum absolute atomic E-state index is 13.2. The number of ketones is 3. The fraction of sp³-hybridized carbons (Fsp3) is 0.696. The van der Waals surface area contributed by atoms with Gasteiger partial charge in [-0.15, -0.1) is 11.6 Å². The summed E-state index contributed by atoms with van der Waals surface area (Å²) < 4.78 is 0. The SMILES string of the molecule is CON1C(=O)CCC(=O)[C@]1(C)C(=O)N[C@@H](C)C(=O)N1CCC[C@H]1C(=O)N[C@H](C(=O)C(=O)CCl)C(C)C. The highest BCUT2D eigenvalue weighted by Crippen LogP contribution is 2.27. The van der Waals surface area contributed by atoms with Crippen LogP contribution in [0.1, 0.15) is 53.4 Å². The molecular weight excluding hydrogens is 496 g/mol. The molecule has 0 radical (unpaired) electrons. The van der Waals surface area contributed by atoms with Crippen molar-refractivity contribution < 1.29 is 38.4 Å². The first kappa shape index (κ1) is 29.4. The van der Waals surface area contributed by atoms with Crippen molar-refractivity contribution in [3.63, 3.8) is 0 Å². The number of carbonyl (C=O) groups is 7. The summed E-state index contributed by atoms with van der Waals surface area (Å²) in [4.78, 5) is 94.4. The molecule has 2 rings (SSSR count). The van der Waals surface area contributed by atoms with Gasteiger partial charge in [0.15, 0.2) is 5.78 Å². The largest absolute Gasteiger partial charge is 0.344 e. The summed E-state index contributed by atoms with van der Waals surface area (Å²) in [6.07, 6.45) is 0.600. The van der Waals surface area contributed by atoms with E-state index in [1.54, 1.807) is 13.8 Å². The number of Topliss-reactive ketones (excluding diaryl/α,β-unsaturated/α-hetero) is 3. The summed E-state index contributed by atoms with van der Waals surface area (Å²) in [5, 5.41) is 5.75. The lowest BCUT2D eigenvalue weighted by Gasteiger charge is -2.40. The standard InChI is InChI=1S/C23H33ClN4O8/c1-12(2)18(19(32)15(29)11-24)26-20(33)14-7-6-10-27(14)21(34)13(3)25-22(35)23(4)16(30)8-9-17(31)28(23)36-5/h12-14,18H,6-11H2,1-5H3,(H,25,35)(H,26,33)/t13-,14-,18-,23+/m0/s1. The van der Waals surface area contributed by atoms with E-state index in [9.17, 15) is 33.6 Å². The van der Waals surface area contributed by atoms with Crippen LogP contribution < -0.4 is 10.6 Å². The second-order valence-electron chi connectivity index (χ2n) is 9.40. The average Bonchev–Trinajstić information content (AvgIpc) is 3.33. The number of alkyl halides is 1. The highest BCUT2D eigenvalue weighted by atomic mass is 35.5. The molecule has 2 saturated heterocycles. The van der Waals surface area contributed by atoms with Gasteiger partial charge in [0.1, 0.15) is 12.1 Å². The van der Waals surface area contributed by atoms with Crippen molar-refractivity contribution in [1.29, 1.82) is 0 Å². The summed E-state index contributed by atoms with van der Waals surface area (Å²) in [5.74, 6) is -5.65. The van der Waals surface area contributed by atoms with Crippen LogP contribution in [0.15, 0.2) is 0 Å². The lowest BCUT2D eigenvalue weighted by Crippen LogP contribution is -2.67. The van der Waals surface area contributed by atoms with Crippen LogP contribution in [0, 0.1) is 5.92 Å². The number of nitrogens with zero attached hydrogens (tertiary/aromatic N) is 2. The molecule has 0 aliphatic carbocycles. The molecule has 36 heavy (non-hydrogen) atoms. The Kier molecular flexibility index (Phi) is 9.72. The molecule has 2 heterocycles. The van der Waals surface area contributed by atoms with Crippen LogP contribution in [0.5, 0.6) is 0 Å². The third kappa shape index (κ3) is 5.75. The maximum Gasteiger partial charge on any atom is 0.256 e. The number of hydrogen-bond acceptors (Lipinski definition) is 8. The number of halogens is 1. The van der Waals surface area contributed by atoms with E-state index in [0.29, 0.717) is 17.9 Å². The van der Waals surface area contributed by atoms with Gasteiger partial charge in [0.2, 0.25) is 34.8 Å². The van der Waals surface area contributed by atoms with Crippen LogP contribution in [0.4, 0.5) is 0 Å². The summed E-state index contributed by atoms with van der Waals surface area (Å²) in [5.41, 5.74) is -1.94. The Morgan fingerprint density at radius 3 is 2.31 bits per heavy atom. The van der Waals surface area contributed by atoms with Crippen molar-refractivity contribution in [2.75, 3.05) is 19.5 Å². The molecule has 2 aliphatic rings. The van der Waals surface area contributed by atoms with Gasteiger partial charge < -0.3 is 15.5 Å². The van der Waals surface area contributed by atoms with E-state index < -0.39 is 76.4 Å². The number of hydrogen-bond donors (Lipinski definition) is 2. The molecule has 0 bridgehead atoms. The van der Waals surface area contributed by atoms with E-state index in [4.69, 9.17) is 16.4 Å². The Balaban J connectivity index is 2.14. The lowest BCUT2D eigenvalue weighted by atomic mass is 9.87. The van der Waals surface area contributed by atoms with Gasteiger partial charge >= 0.3 is 0 Å². The first-order valence-electron chi connectivity index (χ1n) is 11.8. The molecule has 0 aromatic carbocycles. The van der Waals surface area contributed by atoms with E-state index in [1.165, 1.54) is 25.9 Å². The fourth-order valence-corrected chi connectivity index (χ4v) is 4.54. The Hall–Kier alpha value is -2.86. The van der Waals surface area contributed by atoms with Crippen molar-refractivity contribution in [3.05, 3.63) is 0 Å². The van der Waals surface area contributed by atoms with Gasteiger partial charge in [-0.05, 0) is 32.6 Å². The molecule has 0 saturated carbocycles. The van der Waals surface area contributed by atoms with Crippen LogP contribution in [0.25, 0.3) is 0 Å². The number of hydroxylamine groups is 2. The summed E-state index contributed by atoms with van der Waals surface area (Å²) in [6, 6.07) is -3.14. The fourth-order valence-electron chi connectivity index (χ4n) is 4.41. The summed E-state index contributed by atoms with van der Waals surface area (Å²) >= 11 is 5.48. The Labute approximate surface area is 214 Å². The van der Waals surface area contributed by atoms with Crippen LogP contribution >= 0.6 is 11.6 Å². The lowest BCUT2D eigenvalue weighted by molar-refractivity contribution is -0.213.